The van der Waals surface area contributed by atoms with Gasteiger partial charge in [-0.2, -0.15) is 0 Å². The largest absolute Gasteiger partial charge is 0.433 e. The van der Waals surface area contributed by atoms with E-state index in [-0.39, 0.29) is 18.0 Å². The average Bonchev–Trinajstić information content (AvgIpc) is 2.82. The lowest BCUT2D eigenvalue weighted by atomic mass is 10.1. The Morgan fingerprint density at radius 3 is 2.82 bits per heavy atom. The summed E-state index contributed by atoms with van der Waals surface area (Å²) in [5.74, 6) is 0.373. The lowest BCUT2D eigenvalue weighted by Crippen LogP contribution is -2.35. The molecular formula is C11H17N3O3. The van der Waals surface area contributed by atoms with Gasteiger partial charge in [-0.3, -0.25) is 15.0 Å². The number of nitrogens with zero attached hydrogens (tertiary/aromatic N) is 2. The van der Waals surface area contributed by atoms with Crippen molar-refractivity contribution in [2.75, 3.05) is 6.54 Å². The Balaban J connectivity index is 2.26. The summed E-state index contributed by atoms with van der Waals surface area (Å²) in [5, 5.41) is 10.6. The van der Waals surface area contributed by atoms with E-state index in [1.54, 1.807) is 6.07 Å². The molecule has 0 radical (unpaired) electrons. The van der Waals surface area contributed by atoms with E-state index in [2.05, 4.69) is 18.7 Å². The molecule has 0 bridgehead atoms. The molecule has 2 atom stereocenters. The van der Waals surface area contributed by atoms with Crippen molar-refractivity contribution >= 4 is 5.88 Å². The molecule has 94 valence electrons. The van der Waals surface area contributed by atoms with Crippen molar-refractivity contribution in [3.05, 3.63) is 28.0 Å². The van der Waals surface area contributed by atoms with Crippen LogP contribution in [0, 0.1) is 10.1 Å². The van der Waals surface area contributed by atoms with Crippen LogP contribution in [0.15, 0.2) is 16.5 Å². The molecule has 0 aromatic carbocycles. The molecule has 0 aliphatic carbocycles. The molecular weight excluding hydrogens is 222 g/mol. The molecule has 1 aromatic rings. The molecule has 0 amide bonds. The summed E-state index contributed by atoms with van der Waals surface area (Å²) in [6, 6.07) is 3.31. The smallest absolute Gasteiger partial charge is 0.404 e. The van der Waals surface area contributed by atoms with Gasteiger partial charge in [0.05, 0.1) is 12.1 Å². The lowest BCUT2D eigenvalue weighted by Gasteiger charge is -2.28. The quantitative estimate of drug-likeness (QED) is 0.640. The number of furan rings is 1. The van der Waals surface area contributed by atoms with Gasteiger partial charge in [0.15, 0.2) is 0 Å². The van der Waals surface area contributed by atoms with Gasteiger partial charge < -0.3 is 10.2 Å². The van der Waals surface area contributed by atoms with Crippen molar-refractivity contribution in [2.45, 2.75) is 38.4 Å². The van der Waals surface area contributed by atoms with E-state index in [1.165, 1.54) is 6.07 Å². The van der Waals surface area contributed by atoms with Gasteiger partial charge in [0, 0.05) is 18.6 Å². The minimum atomic E-state index is -0.524. The SMILES string of the molecule is CC(C)N1CCC(N)C1c1ccc([N+](=O)[O-])o1. The Morgan fingerprint density at radius 1 is 1.59 bits per heavy atom. The molecule has 1 aromatic heterocycles. The summed E-state index contributed by atoms with van der Waals surface area (Å²) >= 11 is 0. The number of likely N-dealkylation sites (tertiary alicyclic amines) is 1. The van der Waals surface area contributed by atoms with E-state index >= 15 is 0 Å². The molecule has 6 nitrogen and oxygen atoms in total. The van der Waals surface area contributed by atoms with Gasteiger partial charge in [-0.1, -0.05) is 0 Å². The van der Waals surface area contributed by atoms with Crippen LogP contribution < -0.4 is 5.73 Å². The van der Waals surface area contributed by atoms with Crippen LogP contribution in [-0.2, 0) is 0 Å². The molecule has 1 fully saturated rings. The Bertz CT molecular complexity index is 416. The number of rotatable bonds is 3. The number of hydrogen-bond donors (Lipinski definition) is 1. The van der Waals surface area contributed by atoms with Gasteiger partial charge in [0.2, 0.25) is 0 Å². The lowest BCUT2D eigenvalue weighted by molar-refractivity contribution is -0.402. The van der Waals surface area contributed by atoms with Crippen molar-refractivity contribution in [1.82, 2.24) is 4.90 Å². The Morgan fingerprint density at radius 2 is 2.29 bits per heavy atom. The maximum Gasteiger partial charge on any atom is 0.433 e. The van der Waals surface area contributed by atoms with Crippen LogP contribution in [0.2, 0.25) is 0 Å². The molecule has 1 aliphatic rings. The first-order chi connectivity index (χ1) is 8.00. The van der Waals surface area contributed by atoms with E-state index in [0.29, 0.717) is 11.8 Å². The second kappa shape index (κ2) is 4.46. The van der Waals surface area contributed by atoms with Gasteiger partial charge in [0.1, 0.15) is 10.7 Å². The fraction of sp³-hybridized carbons (Fsp3) is 0.636. The predicted octanol–water partition coefficient (Wildman–Crippen LogP) is 1.67. The second-order valence-electron chi connectivity index (χ2n) is 4.66. The van der Waals surface area contributed by atoms with Gasteiger partial charge in [0.25, 0.3) is 0 Å². The van der Waals surface area contributed by atoms with Crippen LogP contribution in [-0.4, -0.2) is 28.5 Å². The van der Waals surface area contributed by atoms with E-state index in [4.69, 9.17) is 10.2 Å². The molecule has 2 N–H and O–H groups in total. The van der Waals surface area contributed by atoms with E-state index in [0.717, 1.165) is 13.0 Å². The third-order valence-corrected chi connectivity index (χ3v) is 3.23. The average molecular weight is 239 g/mol. The minimum Gasteiger partial charge on any atom is -0.404 e. The van der Waals surface area contributed by atoms with Crippen molar-refractivity contribution in [2.24, 2.45) is 5.73 Å². The Kier molecular flexibility index (Phi) is 3.17. The molecule has 2 unspecified atom stereocenters. The zero-order valence-electron chi connectivity index (χ0n) is 10.00. The second-order valence-corrected chi connectivity index (χ2v) is 4.66. The monoisotopic (exact) mass is 239 g/mol. The molecule has 0 saturated carbocycles. The zero-order valence-corrected chi connectivity index (χ0v) is 10.00. The van der Waals surface area contributed by atoms with E-state index in [9.17, 15) is 10.1 Å². The van der Waals surface area contributed by atoms with Gasteiger partial charge in [-0.05, 0) is 26.3 Å². The Hall–Kier alpha value is -1.40. The highest BCUT2D eigenvalue weighted by molar-refractivity contribution is 5.22. The summed E-state index contributed by atoms with van der Waals surface area (Å²) in [5.41, 5.74) is 6.05. The molecule has 17 heavy (non-hydrogen) atoms. The third-order valence-electron chi connectivity index (χ3n) is 3.23. The third kappa shape index (κ3) is 2.18. The molecule has 1 saturated heterocycles. The van der Waals surface area contributed by atoms with Crippen molar-refractivity contribution < 1.29 is 9.34 Å². The highest BCUT2D eigenvalue weighted by atomic mass is 16.6. The zero-order chi connectivity index (χ0) is 12.6. The molecule has 2 heterocycles. The summed E-state index contributed by atoms with van der Waals surface area (Å²) in [6.45, 7) is 5.07. The first kappa shape index (κ1) is 12.1. The van der Waals surface area contributed by atoms with E-state index in [1.807, 2.05) is 0 Å². The maximum atomic E-state index is 10.6. The highest BCUT2D eigenvalue weighted by Crippen LogP contribution is 2.34. The summed E-state index contributed by atoms with van der Waals surface area (Å²) in [6.07, 6.45) is 0.886. The van der Waals surface area contributed by atoms with Crippen LogP contribution in [0.25, 0.3) is 0 Å². The number of hydrogen-bond acceptors (Lipinski definition) is 5. The van der Waals surface area contributed by atoms with E-state index < -0.39 is 4.92 Å². The van der Waals surface area contributed by atoms with Crippen molar-refractivity contribution in [1.29, 1.82) is 0 Å². The fourth-order valence-electron chi connectivity index (χ4n) is 2.39. The predicted molar refractivity (Wildman–Crippen MR) is 62.5 cm³/mol. The Labute approximate surface area is 99.5 Å². The number of nitro groups is 1. The molecule has 0 spiro atoms. The normalized spacial score (nSPS) is 25.6. The first-order valence-corrected chi connectivity index (χ1v) is 5.76. The minimum absolute atomic E-state index is 0.0249. The number of nitrogens with two attached hydrogens (primary N) is 1. The molecule has 2 rings (SSSR count). The topological polar surface area (TPSA) is 85.5 Å². The standard InChI is InChI=1S/C11H17N3O3/c1-7(2)13-6-5-8(12)11(13)9-3-4-10(17-9)14(15)16/h3-4,7-8,11H,5-6,12H2,1-2H3. The van der Waals surface area contributed by atoms with Gasteiger partial charge in [-0.15, -0.1) is 0 Å². The summed E-state index contributed by atoms with van der Waals surface area (Å²) in [4.78, 5) is 12.3. The summed E-state index contributed by atoms with van der Waals surface area (Å²) < 4.78 is 5.26. The van der Waals surface area contributed by atoms with Crippen molar-refractivity contribution in [3.63, 3.8) is 0 Å². The van der Waals surface area contributed by atoms with Crippen LogP contribution in [0.4, 0.5) is 5.88 Å². The van der Waals surface area contributed by atoms with Crippen LogP contribution in [0.5, 0.6) is 0 Å². The van der Waals surface area contributed by atoms with Crippen LogP contribution in [0.1, 0.15) is 32.1 Å². The highest BCUT2D eigenvalue weighted by Gasteiger charge is 2.37. The maximum absolute atomic E-state index is 10.6. The first-order valence-electron chi connectivity index (χ1n) is 5.76. The van der Waals surface area contributed by atoms with Crippen LogP contribution in [0.3, 0.4) is 0 Å². The van der Waals surface area contributed by atoms with Gasteiger partial charge >= 0.3 is 5.88 Å². The molecule has 1 aliphatic heterocycles. The van der Waals surface area contributed by atoms with Gasteiger partial charge in [-0.25, -0.2) is 0 Å². The van der Waals surface area contributed by atoms with Crippen LogP contribution >= 0.6 is 0 Å². The summed E-state index contributed by atoms with van der Waals surface area (Å²) in [7, 11) is 0. The fourth-order valence-corrected chi connectivity index (χ4v) is 2.39. The molecule has 6 heteroatoms. The van der Waals surface area contributed by atoms with Crippen molar-refractivity contribution in [3.8, 4) is 0 Å².